The van der Waals surface area contributed by atoms with E-state index >= 15 is 0 Å². The van der Waals surface area contributed by atoms with Crippen LogP contribution in [0.1, 0.15) is 25.1 Å². The van der Waals surface area contributed by atoms with E-state index in [0.717, 1.165) is 13.0 Å². The van der Waals surface area contributed by atoms with Gasteiger partial charge in [-0.25, -0.2) is 0 Å². The van der Waals surface area contributed by atoms with E-state index in [1.165, 1.54) is 0 Å². The van der Waals surface area contributed by atoms with Gasteiger partial charge in [0.2, 0.25) is 5.89 Å². The molecule has 0 aliphatic heterocycles. The Kier molecular flexibility index (Phi) is 4.07. The van der Waals surface area contributed by atoms with Gasteiger partial charge in [-0.05, 0) is 13.0 Å². The molecule has 0 atom stereocenters. The number of halogens is 3. The van der Waals surface area contributed by atoms with Crippen molar-refractivity contribution in [2.24, 2.45) is 0 Å². The van der Waals surface area contributed by atoms with E-state index in [1.807, 2.05) is 6.92 Å². The maximum atomic E-state index is 11.9. The number of rotatable bonds is 5. The average Bonchev–Trinajstić information content (AvgIpc) is 2.50. The first-order chi connectivity index (χ1) is 7.01. The van der Waals surface area contributed by atoms with Gasteiger partial charge in [0.15, 0.2) is 5.82 Å². The molecule has 0 radical (unpaired) electrons. The maximum Gasteiger partial charge on any atom is 0.396 e. The molecule has 0 aliphatic rings. The van der Waals surface area contributed by atoms with Crippen molar-refractivity contribution < 1.29 is 17.7 Å². The van der Waals surface area contributed by atoms with E-state index in [9.17, 15) is 13.2 Å². The summed E-state index contributed by atoms with van der Waals surface area (Å²) in [6, 6.07) is 0. The van der Waals surface area contributed by atoms with Crippen LogP contribution in [0.2, 0.25) is 0 Å². The van der Waals surface area contributed by atoms with Gasteiger partial charge in [0.25, 0.3) is 0 Å². The quantitative estimate of drug-likeness (QED) is 0.771. The van der Waals surface area contributed by atoms with Gasteiger partial charge in [0.1, 0.15) is 6.42 Å². The Hall–Kier alpha value is -1.11. The van der Waals surface area contributed by atoms with Crippen molar-refractivity contribution in [1.29, 1.82) is 0 Å². The third kappa shape index (κ3) is 4.78. The Labute approximate surface area is 84.9 Å². The molecule has 4 nitrogen and oxygen atoms in total. The van der Waals surface area contributed by atoms with Crippen LogP contribution < -0.4 is 5.32 Å². The van der Waals surface area contributed by atoms with Crippen molar-refractivity contribution in [3.8, 4) is 0 Å². The summed E-state index contributed by atoms with van der Waals surface area (Å²) >= 11 is 0. The molecule has 0 unspecified atom stereocenters. The highest BCUT2D eigenvalue weighted by atomic mass is 19.4. The second-order valence-corrected chi connectivity index (χ2v) is 3.07. The largest absolute Gasteiger partial charge is 0.396 e. The monoisotopic (exact) mass is 223 g/mol. The highest BCUT2D eigenvalue weighted by Gasteiger charge is 2.30. The Morgan fingerprint density at radius 1 is 1.40 bits per heavy atom. The Balaban J connectivity index is 2.42. The van der Waals surface area contributed by atoms with E-state index in [0.29, 0.717) is 6.54 Å². The highest BCUT2D eigenvalue weighted by Crippen LogP contribution is 2.19. The number of nitrogens with one attached hydrogen (secondary N) is 1. The summed E-state index contributed by atoms with van der Waals surface area (Å²) in [6.07, 6.45) is -4.51. The highest BCUT2D eigenvalue weighted by molar-refractivity contribution is 4.88. The van der Waals surface area contributed by atoms with Crippen LogP contribution in [-0.4, -0.2) is 22.9 Å². The topological polar surface area (TPSA) is 51.0 Å². The van der Waals surface area contributed by atoms with E-state index in [4.69, 9.17) is 0 Å². The van der Waals surface area contributed by atoms with Crippen LogP contribution in [0.4, 0.5) is 13.2 Å². The normalized spacial score (nSPS) is 12.0. The summed E-state index contributed by atoms with van der Waals surface area (Å²) in [5, 5.41) is 6.18. The zero-order valence-electron chi connectivity index (χ0n) is 8.26. The molecule has 1 rings (SSSR count). The Bertz CT molecular complexity index is 298. The predicted molar refractivity (Wildman–Crippen MR) is 46.1 cm³/mol. The van der Waals surface area contributed by atoms with Crippen LogP contribution in [0.15, 0.2) is 4.52 Å². The molecule has 0 saturated heterocycles. The van der Waals surface area contributed by atoms with Gasteiger partial charge < -0.3 is 9.84 Å². The molecule has 1 N–H and O–H groups in total. The zero-order chi connectivity index (χ0) is 11.3. The summed E-state index contributed by atoms with van der Waals surface area (Å²) in [4.78, 5) is 3.61. The number of hydrogen-bond donors (Lipinski definition) is 1. The molecule has 0 fully saturated rings. The van der Waals surface area contributed by atoms with Crippen molar-refractivity contribution in [1.82, 2.24) is 15.5 Å². The minimum atomic E-state index is -4.29. The molecule has 0 amide bonds. The van der Waals surface area contributed by atoms with Crippen molar-refractivity contribution in [3.63, 3.8) is 0 Å². The number of aromatic nitrogens is 2. The zero-order valence-corrected chi connectivity index (χ0v) is 8.26. The molecule has 0 spiro atoms. The molecular weight excluding hydrogens is 211 g/mol. The SMILES string of the molecule is CCCNCc1nc(CC(F)(F)F)no1. The minimum absolute atomic E-state index is 0.183. The maximum absolute atomic E-state index is 11.9. The van der Waals surface area contributed by atoms with Crippen LogP contribution in [-0.2, 0) is 13.0 Å². The fraction of sp³-hybridized carbons (Fsp3) is 0.750. The van der Waals surface area contributed by atoms with Gasteiger partial charge in [0, 0.05) is 0 Å². The van der Waals surface area contributed by atoms with Gasteiger partial charge in [-0.3, -0.25) is 0 Å². The second kappa shape index (κ2) is 5.11. The van der Waals surface area contributed by atoms with Crippen LogP contribution in [0.25, 0.3) is 0 Å². The molecule has 0 saturated carbocycles. The first-order valence-electron chi connectivity index (χ1n) is 4.60. The summed E-state index contributed by atoms with van der Waals surface area (Å²) in [6.45, 7) is 3.05. The summed E-state index contributed by atoms with van der Waals surface area (Å²) in [5.74, 6) is -0.140. The molecular formula is C8H12F3N3O. The minimum Gasteiger partial charge on any atom is -0.338 e. The van der Waals surface area contributed by atoms with Crippen molar-refractivity contribution in [3.05, 3.63) is 11.7 Å². The molecule has 86 valence electrons. The fourth-order valence-electron chi connectivity index (χ4n) is 0.985. The van der Waals surface area contributed by atoms with E-state index in [1.54, 1.807) is 0 Å². The molecule has 0 aromatic carbocycles. The first-order valence-corrected chi connectivity index (χ1v) is 4.60. The summed E-state index contributed by atoms with van der Waals surface area (Å²) in [5.41, 5.74) is 0. The average molecular weight is 223 g/mol. The van der Waals surface area contributed by atoms with Crippen molar-refractivity contribution >= 4 is 0 Å². The second-order valence-electron chi connectivity index (χ2n) is 3.07. The number of nitrogens with zero attached hydrogens (tertiary/aromatic N) is 2. The standard InChI is InChI=1S/C8H12F3N3O/c1-2-3-12-5-7-13-6(14-15-7)4-8(9,10)11/h12H,2-5H2,1H3. The molecule has 1 heterocycles. The van der Waals surface area contributed by atoms with Gasteiger partial charge >= 0.3 is 6.18 Å². The summed E-state index contributed by atoms with van der Waals surface area (Å²) < 4.78 is 40.4. The third-order valence-corrected chi connectivity index (χ3v) is 1.57. The van der Waals surface area contributed by atoms with Gasteiger partial charge in [-0.15, -0.1) is 0 Å². The van der Waals surface area contributed by atoms with E-state index in [-0.39, 0.29) is 11.7 Å². The van der Waals surface area contributed by atoms with E-state index < -0.39 is 12.6 Å². The van der Waals surface area contributed by atoms with Gasteiger partial charge in [-0.1, -0.05) is 12.1 Å². The fourth-order valence-corrected chi connectivity index (χ4v) is 0.985. The molecule has 1 aromatic heterocycles. The molecule has 7 heteroatoms. The Morgan fingerprint density at radius 2 is 2.13 bits per heavy atom. The number of alkyl halides is 3. The van der Waals surface area contributed by atoms with Gasteiger partial charge in [0.05, 0.1) is 6.54 Å². The van der Waals surface area contributed by atoms with Crippen molar-refractivity contribution in [2.75, 3.05) is 6.54 Å². The lowest BCUT2D eigenvalue weighted by Gasteiger charge is -1.99. The van der Waals surface area contributed by atoms with Crippen LogP contribution in [0, 0.1) is 0 Å². The lowest BCUT2D eigenvalue weighted by Crippen LogP contribution is -2.15. The Morgan fingerprint density at radius 3 is 2.73 bits per heavy atom. The third-order valence-electron chi connectivity index (χ3n) is 1.57. The smallest absolute Gasteiger partial charge is 0.338 e. The van der Waals surface area contributed by atoms with Gasteiger partial charge in [-0.2, -0.15) is 18.2 Å². The van der Waals surface area contributed by atoms with Crippen LogP contribution in [0.5, 0.6) is 0 Å². The predicted octanol–water partition coefficient (Wildman–Crippen LogP) is 1.67. The molecule has 1 aromatic rings. The summed E-state index contributed by atoms with van der Waals surface area (Å²) in [7, 11) is 0. The van der Waals surface area contributed by atoms with Crippen LogP contribution in [0.3, 0.4) is 0 Å². The first kappa shape index (κ1) is 12.0. The molecule has 0 aliphatic carbocycles. The van der Waals surface area contributed by atoms with Crippen LogP contribution >= 0.6 is 0 Å². The van der Waals surface area contributed by atoms with E-state index in [2.05, 4.69) is 20.0 Å². The molecule has 0 bridgehead atoms. The lowest BCUT2D eigenvalue weighted by molar-refractivity contribution is -0.128. The van der Waals surface area contributed by atoms with Crippen molar-refractivity contribution in [2.45, 2.75) is 32.5 Å². The number of hydrogen-bond acceptors (Lipinski definition) is 4. The molecule has 15 heavy (non-hydrogen) atoms. The lowest BCUT2D eigenvalue weighted by atomic mass is 10.4.